The number of benzene rings is 1. The zero-order valence-corrected chi connectivity index (χ0v) is 14.8. The molecule has 1 aliphatic heterocycles. The molecule has 146 valence electrons. The molecule has 4 amide bonds. The van der Waals surface area contributed by atoms with Crippen molar-refractivity contribution in [2.45, 2.75) is 50.7 Å². The average molecular weight is 383 g/mol. The van der Waals surface area contributed by atoms with Gasteiger partial charge in [0.15, 0.2) is 0 Å². The Morgan fingerprint density at radius 2 is 1.93 bits per heavy atom. The third-order valence-corrected chi connectivity index (χ3v) is 5.09. The molecule has 0 aromatic heterocycles. The van der Waals surface area contributed by atoms with Crippen molar-refractivity contribution in [1.82, 2.24) is 10.2 Å². The molecule has 6 nitrogen and oxygen atoms in total. The Bertz CT molecular complexity index is 786. The summed E-state index contributed by atoms with van der Waals surface area (Å²) >= 11 is 0. The van der Waals surface area contributed by atoms with Crippen LogP contribution in [0.15, 0.2) is 18.2 Å². The molecular weight excluding hydrogens is 363 g/mol. The second-order valence-electron chi connectivity index (χ2n) is 7.00. The quantitative estimate of drug-likeness (QED) is 0.784. The summed E-state index contributed by atoms with van der Waals surface area (Å²) in [6.45, 7) is 1.22. The lowest BCUT2D eigenvalue weighted by Crippen LogP contribution is -2.44. The van der Waals surface area contributed by atoms with Gasteiger partial charge in [-0.15, -0.1) is 0 Å². The summed E-state index contributed by atoms with van der Waals surface area (Å²) < 4.78 is 38.8. The number of hydrogen-bond acceptors (Lipinski definition) is 3. The predicted octanol–water partition coefficient (Wildman–Crippen LogP) is 3.21. The van der Waals surface area contributed by atoms with Crippen LogP contribution in [0.4, 0.5) is 23.7 Å². The Kier molecular flexibility index (Phi) is 4.88. The highest BCUT2D eigenvalue weighted by Gasteiger charge is 2.52. The third-order valence-electron chi connectivity index (χ3n) is 5.09. The summed E-state index contributed by atoms with van der Waals surface area (Å²) in [6, 6.07) is 3.00. The van der Waals surface area contributed by atoms with Gasteiger partial charge in [0.25, 0.3) is 5.91 Å². The molecule has 0 atom stereocenters. The first-order valence-corrected chi connectivity index (χ1v) is 8.74. The van der Waals surface area contributed by atoms with Gasteiger partial charge in [0.2, 0.25) is 5.91 Å². The highest BCUT2D eigenvalue weighted by Crippen LogP contribution is 2.35. The van der Waals surface area contributed by atoms with Crippen LogP contribution in [0.3, 0.4) is 0 Å². The molecule has 1 saturated carbocycles. The normalized spacial score (nSPS) is 18.9. The van der Waals surface area contributed by atoms with Crippen LogP contribution in [-0.2, 0) is 15.8 Å². The number of hydrogen-bond donors (Lipinski definition) is 2. The van der Waals surface area contributed by atoms with Crippen molar-refractivity contribution in [3.05, 3.63) is 29.3 Å². The van der Waals surface area contributed by atoms with E-state index < -0.39 is 29.2 Å². The molecule has 0 unspecified atom stereocenters. The number of carbonyl (C=O) groups is 3. The number of amides is 4. The van der Waals surface area contributed by atoms with Crippen molar-refractivity contribution < 1.29 is 27.6 Å². The van der Waals surface area contributed by atoms with Gasteiger partial charge in [-0.25, -0.2) is 4.79 Å². The topological polar surface area (TPSA) is 78.5 Å². The average Bonchev–Trinajstić information content (AvgIpc) is 3.13. The van der Waals surface area contributed by atoms with Crippen molar-refractivity contribution in [1.29, 1.82) is 0 Å². The lowest BCUT2D eigenvalue weighted by molar-refractivity contribution is -0.138. The van der Waals surface area contributed by atoms with E-state index in [4.69, 9.17) is 0 Å². The minimum absolute atomic E-state index is 0.0161. The molecule has 1 aromatic rings. The highest BCUT2D eigenvalue weighted by atomic mass is 19.4. The van der Waals surface area contributed by atoms with Crippen molar-refractivity contribution in [2.24, 2.45) is 0 Å². The van der Waals surface area contributed by atoms with E-state index in [0.717, 1.165) is 23.8 Å². The van der Waals surface area contributed by atoms with E-state index >= 15 is 0 Å². The first-order valence-electron chi connectivity index (χ1n) is 8.74. The first kappa shape index (κ1) is 19.2. The Morgan fingerprint density at radius 1 is 1.26 bits per heavy atom. The van der Waals surface area contributed by atoms with Crippen LogP contribution in [0.25, 0.3) is 0 Å². The molecule has 1 spiro atoms. The number of carbonyl (C=O) groups excluding carboxylic acids is 3. The standard InChI is InChI=1S/C18H20F3N3O3/c1-11-4-5-12(10-13(11)18(19,20)21)22-14(25)6-9-24-15(26)17(23-16(24)27)7-2-3-8-17/h4-5,10H,2-3,6-9H2,1H3,(H,22,25)(H,23,27). The number of nitrogens with one attached hydrogen (secondary N) is 2. The molecular formula is C18H20F3N3O3. The number of aryl methyl sites for hydroxylation is 1. The monoisotopic (exact) mass is 383 g/mol. The van der Waals surface area contributed by atoms with E-state index in [1.54, 1.807) is 0 Å². The van der Waals surface area contributed by atoms with Crippen LogP contribution >= 0.6 is 0 Å². The summed E-state index contributed by atoms with van der Waals surface area (Å²) in [4.78, 5) is 37.6. The Balaban J connectivity index is 1.61. The zero-order chi connectivity index (χ0) is 19.8. The molecule has 3 rings (SSSR count). The molecule has 9 heteroatoms. The third kappa shape index (κ3) is 3.77. The number of nitrogens with zero attached hydrogens (tertiary/aromatic N) is 1. The van der Waals surface area contributed by atoms with E-state index in [2.05, 4.69) is 10.6 Å². The summed E-state index contributed by atoms with van der Waals surface area (Å²) in [7, 11) is 0. The number of halogens is 3. The maximum Gasteiger partial charge on any atom is 0.416 e. The van der Waals surface area contributed by atoms with Gasteiger partial charge in [-0.3, -0.25) is 14.5 Å². The molecule has 27 heavy (non-hydrogen) atoms. The number of alkyl halides is 3. The fourth-order valence-corrected chi connectivity index (χ4v) is 3.64. The number of imide groups is 1. The summed E-state index contributed by atoms with van der Waals surface area (Å²) in [5.74, 6) is -0.896. The number of urea groups is 1. The van der Waals surface area contributed by atoms with Gasteiger partial charge in [0.1, 0.15) is 5.54 Å². The van der Waals surface area contributed by atoms with Gasteiger partial charge in [0, 0.05) is 18.7 Å². The molecule has 1 heterocycles. The van der Waals surface area contributed by atoms with Crippen LogP contribution in [0.2, 0.25) is 0 Å². The molecule has 1 aliphatic carbocycles. The summed E-state index contributed by atoms with van der Waals surface area (Å²) in [6.07, 6.45) is -1.82. The second kappa shape index (κ2) is 6.86. The summed E-state index contributed by atoms with van der Waals surface area (Å²) in [5, 5.41) is 5.10. The molecule has 2 fully saturated rings. The van der Waals surface area contributed by atoms with Gasteiger partial charge in [0.05, 0.1) is 5.56 Å². The van der Waals surface area contributed by atoms with Crippen molar-refractivity contribution in [3.63, 3.8) is 0 Å². The van der Waals surface area contributed by atoms with Crippen LogP contribution < -0.4 is 10.6 Å². The lowest BCUT2D eigenvalue weighted by atomic mass is 9.98. The maximum absolute atomic E-state index is 12.9. The Morgan fingerprint density at radius 3 is 2.56 bits per heavy atom. The van der Waals surface area contributed by atoms with Crippen molar-refractivity contribution >= 4 is 23.5 Å². The van der Waals surface area contributed by atoms with Gasteiger partial charge in [-0.05, 0) is 37.5 Å². The number of anilines is 1. The largest absolute Gasteiger partial charge is 0.416 e. The number of rotatable bonds is 4. The second-order valence-corrected chi connectivity index (χ2v) is 7.00. The Hall–Kier alpha value is -2.58. The molecule has 1 aromatic carbocycles. The Labute approximate surface area is 154 Å². The van der Waals surface area contributed by atoms with E-state index in [1.165, 1.54) is 19.1 Å². The van der Waals surface area contributed by atoms with E-state index in [-0.39, 0.29) is 30.1 Å². The SMILES string of the molecule is Cc1ccc(NC(=O)CCN2C(=O)NC3(CCCC3)C2=O)cc1C(F)(F)F. The first-order chi connectivity index (χ1) is 12.6. The van der Waals surface area contributed by atoms with Crippen molar-refractivity contribution in [2.75, 3.05) is 11.9 Å². The minimum atomic E-state index is -4.51. The van der Waals surface area contributed by atoms with Crippen LogP contribution in [0.5, 0.6) is 0 Å². The summed E-state index contributed by atoms with van der Waals surface area (Å²) in [5.41, 5.74) is -1.59. The smallest absolute Gasteiger partial charge is 0.326 e. The van der Waals surface area contributed by atoms with Gasteiger partial charge >= 0.3 is 12.2 Å². The molecule has 1 saturated heterocycles. The van der Waals surface area contributed by atoms with Crippen LogP contribution in [0, 0.1) is 6.92 Å². The molecule has 2 aliphatic rings. The zero-order valence-electron chi connectivity index (χ0n) is 14.8. The fraction of sp³-hybridized carbons (Fsp3) is 0.500. The predicted molar refractivity (Wildman–Crippen MR) is 90.9 cm³/mol. The van der Waals surface area contributed by atoms with Gasteiger partial charge < -0.3 is 10.6 Å². The maximum atomic E-state index is 12.9. The fourth-order valence-electron chi connectivity index (χ4n) is 3.64. The van der Waals surface area contributed by atoms with E-state index in [9.17, 15) is 27.6 Å². The highest BCUT2D eigenvalue weighted by molar-refractivity contribution is 6.07. The van der Waals surface area contributed by atoms with Gasteiger partial charge in [-0.2, -0.15) is 13.2 Å². The van der Waals surface area contributed by atoms with Gasteiger partial charge in [-0.1, -0.05) is 18.9 Å². The van der Waals surface area contributed by atoms with Crippen LogP contribution in [-0.4, -0.2) is 34.8 Å². The molecule has 0 bridgehead atoms. The molecule has 2 N–H and O–H groups in total. The van der Waals surface area contributed by atoms with E-state index in [0.29, 0.717) is 12.8 Å². The van der Waals surface area contributed by atoms with E-state index in [1.807, 2.05) is 0 Å². The lowest BCUT2D eigenvalue weighted by Gasteiger charge is -2.20. The van der Waals surface area contributed by atoms with Crippen molar-refractivity contribution in [3.8, 4) is 0 Å². The minimum Gasteiger partial charge on any atom is -0.326 e. The molecule has 0 radical (unpaired) electrons. The van der Waals surface area contributed by atoms with Crippen LogP contribution in [0.1, 0.15) is 43.2 Å².